The maximum atomic E-state index is 13.0. The first-order chi connectivity index (χ1) is 13.7. The van der Waals surface area contributed by atoms with Crippen LogP contribution in [0.4, 0.5) is 18.9 Å². The summed E-state index contributed by atoms with van der Waals surface area (Å²) in [4.78, 5) is 4.46. The molecule has 0 atom stereocenters. The normalized spacial score (nSPS) is 16.2. The highest BCUT2D eigenvalue weighted by atomic mass is 32.1. The number of nitrogens with zero attached hydrogens (tertiary/aromatic N) is 2. The smallest absolute Gasteiger partial charge is 0.416 e. The summed E-state index contributed by atoms with van der Waals surface area (Å²) in [6.07, 6.45) is -0.915. The summed E-state index contributed by atoms with van der Waals surface area (Å²) in [6, 6.07) is 9.49. The summed E-state index contributed by atoms with van der Waals surface area (Å²) in [6.45, 7) is 6.76. The van der Waals surface area contributed by atoms with Crippen molar-refractivity contribution in [3.8, 4) is 0 Å². The second-order valence-electron chi connectivity index (χ2n) is 7.58. The van der Waals surface area contributed by atoms with E-state index in [0.29, 0.717) is 23.4 Å². The van der Waals surface area contributed by atoms with Gasteiger partial charge in [-0.05, 0) is 69.2 Å². The van der Waals surface area contributed by atoms with Crippen LogP contribution in [0.15, 0.2) is 47.1 Å². The van der Waals surface area contributed by atoms with E-state index < -0.39 is 11.7 Å². The number of furan rings is 1. The first kappa shape index (κ1) is 21.6. The Bertz CT molecular complexity index is 800. The molecule has 0 aliphatic carbocycles. The van der Waals surface area contributed by atoms with Crippen LogP contribution in [0, 0.1) is 0 Å². The number of alkyl halides is 3. The van der Waals surface area contributed by atoms with E-state index in [1.54, 1.807) is 12.3 Å². The Morgan fingerprint density at radius 2 is 1.97 bits per heavy atom. The maximum absolute atomic E-state index is 13.0. The van der Waals surface area contributed by atoms with Gasteiger partial charge in [0, 0.05) is 30.9 Å². The summed E-state index contributed by atoms with van der Waals surface area (Å²) in [7, 11) is 0. The van der Waals surface area contributed by atoms with E-state index in [1.807, 2.05) is 17.0 Å². The van der Waals surface area contributed by atoms with Gasteiger partial charge in [-0.3, -0.25) is 0 Å². The van der Waals surface area contributed by atoms with Gasteiger partial charge >= 0.3 is 6.18 Å². The van der Waals surface area contributed by atoms with Crippen molar-refractivity contribution in [1.29, 1.82) is 0 Å². The van der Waals surface area contributed by atoms with Gasteiger partial charge < -0.3 is 19.5 Å². The molecule has 0 amide bonds. The lowest BCUT2D eigenvalue weighted by atomic mass is 10.0. The van der Waals surface area contributed by atoms with Gasteiger partial charge in [0.05, 0.1) is 18.4 Å². The van der Waals surface area contributed by atoms with Crippen molar-refractivity contribution in [3.05, 3.63) is 54.0 Å². The number of anilines is 1. The molecule has 0 unspecified atom stereocenters. The lowest BCUT2D eigenvalue weighted by Crippen LogP contribution is -2.49. The Kier molecular flexibility index (Phi) is 6.85. The zero-order valence-corrected chi connectivity index (χ0v) is 17.4. The molecule has 158 valence electrons. The SMILES string of the molecule is CC(C)N1CCC(N(Cc2ccco2)C(=S)Nc2cccc(C(F)(F)F)c2)CC1. The molecule has 0 saturated carbocycles. The molecule has 4 nitrogen and oxygen atoms in total. The van der Waals surface area contributed by atoms with Crippen LogP contribution in [0.1, 0.15) is 38.0 Å². The van der Waals surface area contributed by atoms with Gasteiger partial charge in [-0.2, -0.15) is 13.2 Å². The van der Waals surface area contributed by atoms with Crippen molar-refractivity contribution >= 4 is 23.0 Å². The van der Waals surface area contributed by atoms with Crippen LogP contribution < -0.4 is 5.32 Å². The van der Waals surface area contributed by atoms with Gasteiger partial charge in [-0.25, -0.2) is 0 Å². The van der Waals surface area contributed by atoms with Crippen molar-refractivity contribution in [2.24, 2.45) is 0 Å². The summed E-state index contributed by atoms with van der Waals surface area (Å²) in [5.41, 5.74) is -0.373. The Morgan fingerprint density at radius 3 is 2.55 bits per heavy atom. The zero-order chi connectivity index (χ0) is 21.0. The lowest BCUT2D eigenvalue weighted by Gasteiger charge is -2.40. The number of halogens is 3. The van der Waals surface area contributed by atoms with E-state index in [2.05, 4.69) is 24.1 Å². The highest BCUT2D eigenvalue weighted by Gasteiger charge is 2.31. The van der Waals surface area contributed by atoms with E-state index in [0.717, 1.165) is 43.8 Å². The van der Waals surface area contributed by atoms with Crippen LogP contribution in [0.5, 0.6) is 0 Å². The third kappa shape index (κ3) is 5.73. The van der Waals surface area contributed by atoms with Gasteiger partial charge in [0.25, 0.3) is 0 Å². The monoisotopic (exact) mass is 425 g/mol. The Balaban J connectivity index is 1.74. The summed E-state index contributed by atoms with van der Waals surface area (Å²) < 4.78 is 44.6. The van der Waals surface area contributed by atoms with Crippen molar-refractivity contribution < 1.29 is 17.6 Å². The molecular weight excluding hydrogens is 399 g/mol. The van der Waals surface area contributed by atoms with Crippen LogP contribution in [0.3, 0.4) is 0 Å². The van der Waals surface area contributed by atoms with Crippen molar-refractivity contribution in [2.75, 3.05) is 18.4 Å². The highest BCUT2D eigenvalue weighted by Crippen LogP contribution is 2.31. The number of hydrogen-bond acceptors (Lipinski definition) is 3. The average Bonchev–Trinajstić information content (AvgIpc) is 3.19. The maximum Gasteiger partial charge on any atom is 0.416 e. The largest absolute Gasteiger partial charge is 0.467 e. The summed E-state index contributed by atoms with van der Waals surface area (Å²) >= 11 is 5.61. The van der Waals surface area contributed by atoms with Crippen LogP contribution in [-0.4, -0.2) is 40.1 Å². The van der Waals surface area contributed by atoms with Crippen molar-refractivity contribution in [1.82, 2.24) is 9.80 Å². The predicted octanol–water partition coefficient (Wildman–Crippen LogP) is 5.37. The average molecular weight is 426 g/mol. The molecule has 1 aliphatic rings. The molecule has 0 spiro atoms. The number of hydrogen-bond donors (Lipinski definition) is 1. The minimum atomic E-state index is -4.39. The molecule has 2 heterocycles. The van der Waals surface area contributed by atoms with Crippen molar-refractivity contribution in [2.45, 2.75) is 51.5 Å². The molecule has 1 N–H and O–H groups in total. The number of thiocarbonyl (C=S) groups is 1. The molecule has 3 rings (SSSR count). The van der Waals surface area contributed by atoms with E-state index in [-0.39, 0.29) is 6.04 Å². The van der Waals surface area contributed by atoms with Gasteiger partial charge in [0.1, 0.15) is 5.76 Å². The van der Waals surface area contributed by atoms with Crippen molar-refractivity contribution in [3.63, 3.8) is 0 Å². The van der Waals surface area contributed by atoms with Gasteiger partial charge in [-0.1, -0.05) is 6.07 Å². The molecule has 29 heavy (non-hydrogen) atoms. The van der Waals surface area contributed by atoms with E-state index in [4.69, 9.17) is 16.6 Å². The zero-order valence-electron chi connectivity index (χ0n) is 16.6. The Labute approximate surface area is 174 Å². The number of likely N-dealkylation sites (tertiary alicyclic amines) is 1. The molecule has 0 bridgehead atoms. The Hall–Kier alpha value is -2.06. The van der Waals surface area contributed by atoms with Crippen LogP contribution >= 0.6 is 12.2 Å². The number of nitrogens with one attached hydrogen (secondary N) is 1. The van der Waals surface area contributed by atoms with Gasteiger partial charge in [0.15, 0.2) is 5.11 Å². The Morgan fingerprint density at radius 1 is 1.24 bits per heavy atom. The minimum Gasteiger partial charge on any atom is -0.467 e. The molecule has 8 heteroatoms. The molecule has 1 fully saturated rings. The minimum absolute atomic E-state index is 0.195. The third-order valence-corrected chi connectivity index (χ3v) is 5.62. The van der Waals surface area contributed by atoms with Crippen LogP contribution in [-0.2, 0) is 12.7 Å². The topological polar surface area (TPSA) is 31.6 Å². The molecule has 1 aliphatic heterocycles. The first-order valence-electron chi connectivity index (χ1n) is 9.75. The first-order valence-corrected chi connectivity index (χ1v) is 10.2. The van der Waals surface area contributed by atoms with E-state index >= 15 is 0 Å². The fourth-order valence-electron chi connectivity index (χ4n) is 3.62. The number of piperidine rings is 1. The molecule has 2 aromatic rings. The fraction of sp³-hybridized carbons (Fsp3) is 0.476. The summed E-state index contributed by atoms with van der Waals surface area (Å²) in [5, 5.41) is 3.41. The molecule has 1 aromatic carbocycles. The predicted molar refractivity (Wildman–Crippen MR) is 112 cm³/mol. The third-order valence-electron chi connectivity index (χ3n) is 5.28. The highest BCUT2D eigenvalue weighted by molar-refractivity contribution is 7.80. The second kappa shape index (κ2) is 9.17. The number of rotatable bonds is 5. The fourth-order valence-corrected chi connectivity index (χ4v) is 3.95. The quantitative estimate of drug-likeness (QED) is 0.651. The van der Waals surface area contributed by atoms with Gasteiger partial charge in [0.2, 0.25) is 0 Å². The van der Waals surface area contributed by atoms with E-state index in [1.165, 1.54) is 6.07 Å². The molecular formula is C21H26F3N3OS. The molecule has 1 aromatic heterocycles. The second-order valence-corrected chi connectivity index (χ2v) is 7.96. The lowest BCUT2D eigenvalue weighted by molar-refractivity contribution is -0.137. The van der Waals surface area contributed by atoms with Crippen LogP contribution in [0.25, 0.3) is 0 Å². The molecule has 0 radical (unpaired) electrons. The van der Waals surface area contributed by atoms with E-state index in [9.17, 15) is 13.2 Å². The van der Waals surface area contributed by atoms with Gasteiger partial charge in [-0.15, -0.1) is 0 Å². The standard InChI is InChI=1S/C21H26F3N3OS/c1-15(2)26-10-8-18(9-11-26)27(14-19-7-4-12-28-19)20(29)25-17-6-3-5-16(13-17)21(22,23)24/h3-7,12-13,15,18H,8-11,14H2,1-2H3,(H,25,29). The number of benzene rings is 1. The summed E-state index contributed by atoms with van der Waals surface area (Å²) in [5.74, 6) is 0.768. The van der Waals surface area contributed by atoms with Crippen LogP contribution in [0.2, 0.25) is 0 Å². The molecule has 1 saturated heterocycles.